The van der Waals surface area contributed by atoms with Crippen molar-refractivity contribution in [1.29, 1.82) is 0 Å². The number of alkyl halides is 3. The molecule has 1 spiro atoms. The first-order valence-electron chi connectivity index (χ1n) is 10.2. The number of aliphatic imine (C=N–C) groups is 1. The molecule has 1 N–H and O–H groups in total. The molecule has 0 bridgehead atoms. The van der Waals surface area contributed by atoms with Crippen LogP contribution in [0.25, 0.3) is 0 Å². The van der Waals surface area contributed by atoms with Gasteiger partial charge in [-0.15, -0.1) is 11.3 Å². The van der Waals surface area contributed by atoms with Crippen LogP contribution >= 0.6 is 11.3 Å². The van der Waals surface area contributed by atoms with Gasteiger partial charge in [0.05, 0.1) is 12.1 Å². The summed E-state index contributed by atoms with van der Waals surface area (Å²) in [5.74, 6) is -0.691. The maximum atomic E-state index is 13.2. The second-order valence-electron chi connectivity index (χ2n) is 7.83. The van der Waals surface area contributed by atoms with Gasteiger partial charge in [-0.1, -0.05) is 24.6 Å². The number of amides is 2. The second-order valence-corrected chi connectivity index (χ2v) is 8.86. The van der Waals surface area contributed by atoms with Gasteiger partial charge in [0, 0.05) is 10.4 Å². The summed E-state index contributed by atoms with van der Waals surface area (Å²) < 4.78 is 38.7. The fourth-order valence-corrected chi connectivity index (χ4v) is 4.80. The first-order chi connectivity index (χ1) is 14.8. The fraction of sp³-hybridized carbons (Fsp3) is 0.409. The van der Waals surface area contributed by atoms with Crippen LogP contribution in [0.4, 0.5) is 13.2 Å². The Morgan fingerprint density at radius 3 is 2.45 bits per heavy atom. The highest BCUT2D eigenvalue weighted by Gasteiger charge is 2.48. The number of rotatable bonds is 5. The number of nitrogens with one attached hydrogen (secondary N) is 1. The van der Waals surface area contributed by atoms with Crippen LogP contribution in [0.1, 0.15) is 48.1 Å². The quantitative estimate of drug-likeness (QED) is 0.737. The topological polar surface area (TPSA) is 61.8 Å². The second kappa shape index (κ2) is 8.45. The lowest BCUT2D eigenvalue weighted by Gasteiger charge is -2.38. The van der Waals surface area contributed by atoms with Gasteiger partial charge in [-0.3, -0.25) is 14.6 Å². The summed E-state index contributed by atoms with van der Waals surface area (Å²) in [5.41, 5.74) is -1.11. The number of benzene rings is 1. The third-order valence-corrected chi connectivity index (χ3v) is 6.63. The molecule has 1 aliphatic carbocycles. The lowest BCUT2D eigenvalue weighted by Crippen LogP contribution is -2.52. The first-order valence-corrected chi connectivity index (χ1v) is 11.0. The van der Waals surface area contributed by atoms with E-state index in [1.165, 1.54) is 28.4 Å². The molecule has 2 aromatic rings. The number of nitrogens with zero attached hydrogens (tertiary/aromatic N) is 2. The van der Waals surface area contributed by atoms with Crippen molar-refractivity contribution < 1.29 is 22.8 Å². The summed E-state index contributed by atoms with van der Waals surface area (Å²) in [6, 6.07) is 8.27. The maximum absolute atomic E-state index is 13.2. The van der Waals surface area contributed by atoms with Gasteiger partial charge < -0.3 is 10.2 Å². The molecule has 1 aromatic heterocycles. The van der Waals surface area contributed by atoms with Crippen LogP contribution in [-0.4, -0.2) is 34.6 Å². The Labute approximate surface area is 182 Å². The van der Waals surface area contributed by atoms with Gasteiger partial charge in [0.15, 0.2) is 0 Å². The smallest absolute Gasteiger partial charge is 0.350 e. The van der Waals surface area contributed by atoms with Gasteiger partial charge in [0.2, 0.25) is 5.91 Å². The molecule has 4 rings (SSSR count). The first kappa shape index (κ1) is 21.5. The Balaban J connectivity index is 1.55. The number of carbonyl (C=O) groups is 2. The average Bonchev–Trinajstić information content (AvgIpc) is 3.35. The third-order valence-electron chi connectivity index (χ3n) is 5.75. The lowest BCUT2D eigenvalue weighted by atomic mass is 9.88. The normalized spacial score (nSPS) is 18.4. The number of carbonyl (C=O) groups excluding carboxylic acids is 2. The Kier molecular flexibility index (Phi) is 5.88. The van der Waals surface area contributed by atoms with Crippen LogP contribution in [0.2, 0.25) is 0 Å². The van der Waals surface area contributed by atoms with Crippen LogP contribution in [0.3, 0.4) is 0 Å². The van der Waals surface area contributed by atoms with Gasteiger partial charge in [-0.05, 0) is 49.3 Å². The van der Waals surface area contributed by atoms with Gasteiger partial charge >= 0.3 is 6.18 Å². The summed E-state index contributed by atoms with van der Waals surface area (Å²) in [5, 5.41) is 4.76. The van der Waals surface area contributed by atoms with Crippen LogP contribution in [0.15, 0.2) is 46.8 Å². The molecule has 1 aliphatic heterocycles. The molecule has 5 nitrogen and oxygen atoms in total. The summed E-state index contributed by atoms with van der Waals surface area (Å²) in [7, 11) is 0. The lowest BCUT2D eigenvalue weighted by molar-refractivity contribution is -0.137. The standard InChI is InChI=1S/C22H22F3N3O2S/c23-22(24,25)16-8-6-15(7-9-16)19-20(30)28(21(27-19)10-2-1-3-11-21)14-18(29)26-13-17-5-4-12-31-17/h4-9,12H,1-3,10-11,13-14H2,(H,26,29). The highest BCUT2D eigenvalue weighted by Crippen LogP contribution is 2.39. The molecule has 31 heavy (non-hydrogen) atoms. The van der Waals surface area contributed by atoms with E-state index in [9.17, 15) is 22.8 Å². The largest absolute Gasteiger partial charge is 0.416 e. The van der Waals surface area contributed by atoms with E-state index < -0.39 is 23.3 Å². The fourth-order valence-electron chi connectivity index (χ4n) is 4.16. The minimum Gasteiger partial charge on any atom is -0.350 e. The average molecular weight is 449 g/mol. The molecule has 2 amide bonds. The van der Waals surface area contributed by atoms with E-state index in [-0.39, 0.29) is 18.2 Å². The number of thiophene rings is 1. The minimum absolute atomic E-state index is 0.127. The van der Waals surface area contributed by atoms with E-state index in [0.717, 1.165) is 36.3 Å². The number of hydrogen-bond donors (Lipinski definition) is 1. The molecule has 0 unspecified atom stereocenters. The Bertz CT molecular complexity index is 978. The number of halogens is 3. The van der Waals surface area contributed by atoms with E-state index in [4.69, 9.17) is 4.99 Å². The van der Waals surface area contributed by atoms with Crippen LogP contribution < -0.4 is 5.32 Å². The van der Waals surface area contributed by atoms with Gasteiger partial charge in [-0.25, -0.2) is 0 Å². The molecule has 0 atom stereocenters. The predicted octanol–water partition coefficient (Wildman–Crippen LogP) is 4.38. The zero-order chi connectivity index (χ0) is 22.1. The van der Waals surface area contributed by atoms with E-state index in [1.807, 2.05) is 17.5 Å². The Hall–Kier alpha value is -2.68. The van der Waals surface area contributed by atoms with Crippen molar-refractivity contribution in [3.8, 4) is 0 Å². The van der Waals surface area contributed by atoms with Crippen molar-refractivity contribution in [2.75, 3.05) is 6.54 Å². The van der Waals surface area contributed by atoms with Crippen LogP contribution in [-0.2, 0) is 22.3 Å². The third kappa shape index (κ3) is 4.51. The molecule has 1 saturated carbocycles. The zero-order valence-electron chi connectivity index (χ0n) is 16.7. The molecule has 1 fully saturated rings. The monoisotopic (exact) mass is 449 g/mol. The molecule has 0 radical (unpaired) electrons. The Morgan fingerprint density at radius 2 is 1.84 bits per heavy atom. The number of hydrogen-bond acceptors (Lipinski definition) is 4. The summed E-state index contributed by atoms with van der Waals surface area (Å²) in [6.07, 6.45) is -0.381. The molecule has 0 saturated heterocycles. The Morgan fingerprint density at radius 1 is 1.13 bits per heavy atom. The van der Waals surface area contributed by atoms with Crippen LogP contribution in [0, 0.1) is 0 Å². The van der Waals surface area contributed by atoms with E-state index in [2.05, 4.69) is 5.32 Å². The highest BCUT2D eigenvalue weighted by molar-refractivity contribution is 7.09. The van der Waals surface area contributed by atoms with Crippen LogP contribution in [0.5, 0.6) is 0 Å². The summed E-state index contributed by atoms with van der Waals surface area (Å²) >= 11 is 1.53. The van der Waals surface area contributed by atoms with Crippen molar-refractivity contribution in [2.24, 2.45) is 4.99 Å². The summed E-state index contributed by atoms with van der Waals surface area (Å²) in [4.78, 5) is 33.0. The molecule has 2 aliphatic rings. The van der Waals surface area contributed by atoms with Crippen molar-refractivity contribution in [3.05, 3.63) is 57.8 Å². The molecule has 1 aromatic carbocycles. The zero-order valence-corrected chi connectivity index (χ0v) is 17.6. The minimum atomic E-state index is -4.45. The van der Waals surface area contributed by atoms with Crippen molar-refractivity contribution in [1.82, 2.24) is 10.2 Å². The van der Waals surface area contributed by atoms with Crippen molar-refractivity contribution >= 4 is 28.9 Å². The maximum Gasteiger partial charge on any atom is 0.416 e. The van der Waals surface area contributed by atoms with Crippen molar-refractivity contribution in [2.45, 2.75) is 50.5 Å². The highest BCUT2D eigenvalue weighted by atomic mass is 32.1. The molecular weight excluding hydrogens is 427 g/mol. The van der Waals surface area contributed by atoms with E-state index in [0.29, 0.717) is 24.9 Å². The SMILES string of the molecule is O=C(CN1C(=O)C(c2ccc(C(F)(F)F)cc2)=NC12CCCCC2)NCc1cccs1. The van der Waals surface area contributed by atoms with Gasteiger partial charge in [0.1, 0.15) is 17.9 Å². The summed E-state index contributed by atoms with van der Waals surface area (Å²) in [6.45, 7) is 0.260. The van der Waals surface area contributed by atoms with Gasteiger partial charge in [-0.2, -0.15) is 13.2 Å². The van der Waals surface area contributed by atoms with E-state index in [1.54, 1.807) is 0 Å². The molecular formula is C22H22F3N3O2S. The van der Waals surface area contributed by atoms with E-state index >= 15 is 0 Å². The predicted molar refractivity (Wildman–Crippen MR) is 112 cm³/mol. The molecule has 164 valence electrons. The van der Waals surface area contributed by atoms with Gasteiger partial charge in [0.25, 0.3) is 5.91 Å². The van der Waals surface area contributed by atoms with Crippen molar-refractivity contribution in [3.63, 3.8) is 0 Å². The molecule has 2 heterocycles. The molecule has 9 heteroatoms.